The number of pyridine rings is 1. The Labute approximate surface area is 112 Å². The molecule has 0 bridgehead atoms. The molecule has 5 heteroatoms. The molecule has 0 atom stereocenters. The average molecular weight is 263 g/mol. The van der Waals surface area contributed by atoms with E-state index in [0.717, 1.165) is 31.5 Å². The van der Waals surface area contributed by atoms with Gasteiger partial charge in [0.05, 0.1) is 0 Å². The van der Waals surface area contributed by atoms with Gasteiger partial charge in [-0.15, -0.1) is 0 Å². The van der Waals surface area contributed by atoms with Crippen LogP contribution in [-0.4, -0.2) is 34.0 Å². The lowest BCUT2D eigenvalue weighted by molar-refractivity contribution is 0.179. The summed E-state index contributed by atoms with van der Waals surface area (Å²) in [4.78, 5) is 18.2. The molecular weight excluding hydrogens is 246 g/mol. The molecule has 1 aliphatic rings. The van der Waals surface area contributed by atoms with Gasteiger partial charge < -0.3 is 4.90 Å². The van der Waals surface area contributed by atoms with E-state index in [4.69, 9.17) is 12.2 Å². The van der Waals surface area contributed by atoms with Crippen LogP contribution in [0.2, 0.25) is 0 Å². The van der Waals surface area contributed by atoms with Crippen molar-refractivity contribution in [3.05, 3.63) is 30.1 Å². The van der Waals surface area contributed by atoms with Gasteiger partial charge in [0.2, 0.25) is 0 Å². The number of rotatable bonds is 1. The van der Waals surface area contributed by atoms with Gasteiger partial charge in [0.25, 0.3) is 0 Å². The highest BCUT2D eigenvalue weighted by Gasteiger charge is 2.20. The van der Waals surface area contributed by atoms with Crippen LogP contribution in [0.25, 0.3) is 0 Å². The van der Waals surface area contributed by atoms with Gasteiger partial charge in [0.15, 0.2) is 0 Å². The Bertz CT molecular complexity index is 427. The second-order valence-electron chi connectivity index (χ2n) is 4.67. The summed E-state index contributed by atoms with van der Waals surface area (Å²) in [6, 6.07) is 3.54. The van der Waals surface area contributed by atoms with Crippen molar-refractivity contribution in [3.63, 3.8) is 0 Å². The second-order valence-corrected chi connectivity index (χ2v) is 5.08. The molecule has 0 aromatic carbocycles. The molecule has 1 aromatic rings. The van der Waals surface area contributed by atoms with E-state index >= 15 is 0 Å². The Balaban J connectivity index is 1.90. The lowest BCUT2D eigenvalue weighted by atomic mass is 10.00. The fourth-order valence-corrected chi connectivity index (χ4v) is 2.17. The van der Waals surface area contributed by atoms with Crippen LogP contribution in [0.3, 0.4) is 0 Å². The van der Waals surface area contributed by atoms with Gasteiger partial charge in [0, 0.05) is 31.0 Å². The normalized spacial score (nSPS) is 16.4. The third-order valence-corrected chi connectivity index (χ3v) is 3.55. The zero-order valence-electron chi connectivity index (χ0n) is 10.4. The Morgan fingerprint density at radius 3 is 2.83 bits per heavy atom. The Kier molecular flexibility index (Phi) is 4.25. The number of thiocarbonyl (C=S) groups is 1. The number of carbonyl (C=O) groups is 1. The summed E-state index contributed by atoms with van der Waals surface area (Å²) in [5.41, 5.74) is 0.770. The monoisotopic (exact) mass is 263 g/mol. The first-order chi connectivity index (χ1) is 8.66. The summed E-state index contributed by atoms with van der Waals surface area (Å²) < 4.78 is 0. The van der Waals surface area contributed by atoms with E-state index in [1.165, 1.54) is 0 Å². The summed E-state index contributed by atoms with van der Waals surface area (Å²) >= 11 is 5.19. The van der Waals surface area contributed by atoms with Gasteiger partial charge >= 0.3 is 6.03 Å². The maximum absolute atomic E-state index is 12.0. The van der Waals surface area contributed by atoms with Crippen LogP contribution in [0.1, 0.15) is 25.3 Å². The Morgan fingerprint density at radius 1 is 1.50 bits per heavy atom. The SMILES string of the molecule is CC1CCN(C(=O)NC(=S)c2cccnc2)CC1. The molecule has 1 saturated heterocycles. The molecular formula is C13H17N3OS. The van der Waals surface area contributed by atoms with Crippen LogP contribution in [0.15, 0.2) is 24.5 Å². The molecule has 1 N–H and O–H groups in total. The molecule has 96 valence electrons. The van der Waals surface area contributed by atoms with Crippen LogP contribution in [0, 0.1) is 5.92 Å². The Hall–Kier alpha value is -1.49. The summed E-state index contributed by atoms with van der Waals surface area (Å²) in [6.07, 6.45) is 5.46. The van der Waals surface area contributed by atoms with Crippen LogP contribution >= 0.6 is 12.2 Å². The molecule has 0 spiro atoms. The zero-order valence-corrected chi connectivity index (χ0v) is 11.2. The van der Waals surface area contributed by atoms with Crippen LogP contribution in [0.5, 0.6) is 0 Å². The lowest BCUT2D eigenvalue weighted by Gasteiger charge is -2.30. The molecule has 1 aliphatic heterocycles. The summed E-state index contributed by atoms with van der Waals surface area (Å²) in [5.74, 6) is 0.708. The highest BCUT2D eigenvalue weighted by atomic mass is 32.1. The second kappa shape index (κ2) is 5.91. The van der Waals surface area contributed by atoms with Crippen molar-refractivity contribution in [2.24, 2.45) is 5.92 Å². The van der Waals surface area contributed by atoms with E-state index in [0.29, 0.717) is 10.9 Å². The number of amides is 2. The number of urea groups is 1. The quantitative estimate of drug-likeness (QED) is 0.790. The minimum absolute atomic E-state index is 0.101. The predicted molar refractivity (Wildman–Crippen MR) is 74.4 cm³/mol. The zero-order chi connectivity index (χ0) is 13.0. The Morgan fingerprint density at radius 2 is 2.22 bits per heavy atom. The number of hydrogen-bond donors (Lipinski definition) is 1. The van der Waals surface area contributed by atoms with E-state index in [1.54, 1.807) is 18.5 Å². The molecule has 2 rings (SSSR count). The minimum atomic E-state index is -0.101. The van der Waals surface area contributed by atoms with Crippen molar-refractivity contribution in [1.29, 1.82) is 0 Å². The molecule has 1 aromatic heterocycles. The average Bonchev–Trinajstić information content (AvgIpc) is 2.40. The molecule has 4 nitrogen and oxygen atoms in total. The fraction of sp³-hybridized carbons (Fsp3) is 0.462. The van der Waals surface area contributed by atoms with E-state index < -0.39 is 0 Å². The van der Waals surface area contributed by atoms with E-state index in [1.807, 2.05) is 11.0 Å². The van der Waals surface area contributed by atoms with E-state index in [2.05, 4.69) is 17.2 Å². The van der Waals surface area contributed by atoms with Crippen LogP contribution in [0.4, 0.5) is 4.79 Å². The highest BCUT2D eigenvalue weighted by molar-refractivity contribution is 7.80. The third-order valence-electron chi connectivity index (χ3n) is 3.22. The molecule has 0 unspecified atom stereocenters. The van der Waals surface area contributed by atoms with Crippen molar-refractivity contribution in [2.75, 3.05) is 13.1 Å². The molecule has 0 radical (unpaired) electrons. The van der Waals surface area contributed by atoms with E-state index in [-0.39, 0.29) is 6.03 Å². The molecule has 2 amide bonds. The third kappa shape index (κ3) is 3.26. The topological polar surface area (TPSA) is 45.2 Å². The molecule has 0 saturated carbocycles. The lowest BCUT2D eigenvalue weighted by Crippen LogP contribution is -2.46. The standard InChI is InChI=1S/C13H17N3OS/c1-10-4-7-16(8-5-10)13(17)15-12(18)11-3-2-6-14-9-11/h2-3,6,9-10H,4-5,7-8H2,1H3,(H,15,17,18). The van der Waals surface area contributed by atoms with Gasteiger partial charge in [-0.3, -0.25) is 10.3 Å². The molecule has 18 heavy (non-hydrogen) atoms. The summed E-state index contributed by atoms with van der Waals surface area (Å²) in [5, 5.41) is 2.76. The predicted octanol–water partition coefficient (Wildman–Crippen LogP) is 2.20. The first kappa shape index (κ1) is 13.0. The van der Waals surface area contributed by atoms with Gasteiger partial charge in [0.1, 0.15) is 4.99 Å². The number of nitrogens with zero attached hydrogens (tertiary/aromatic N) is 2. The highest BCUT2D eigenvalue weighted by Crippen LogP contribution is 2.15. The fourth-order valence-electron chi connectivity index (χ4n) is 1.96. The molecule has 1 fully saturated rings. The van der Waals surface area contributed by atoms with Crippen LogP contribution < -0.4 is 5.32 Å². The van der Waals surface area contributed by atoms with Crippen molar-refractivity contribution >= 4 is 23.2 Å². The van der Waals surface area contributed by atoms with Crippen molar-refractivity contribution in [3.8, 4) is 0 Å². The van der Waals surface area contributed by atoms with Crippen LogP contribution in [-0.2, 0) is 0 Å². The van der Waals surface area contributed by atoms with Crippen molar-refractivity contribution < 1.29 is 4.79 Å². The van der Waals surface area contributed by atoms with Crippen molar-refractivity contribution in [1.82, 2.24) is 15.2 Å². The number of piperidine rings is 1. The van der Waals surface area contributed by atoms with Crippen molar-refractivity contribution in [2.45, 2.75) is 19.8 Å². The van der Waals surface area contributed by atoms with E-state index in [9.17, 15) is 4.79 Å². The maximum atomic E-state index is 12.0. The van der Waals surface area contributed by atoms with Gasteiger partial charge in [-0.2, -0.15) is 0 Å². The van der Waals surface area contributed by atoms with Gasteiger partial charge in [-0.25, -0.2) is 4.79 Å². The van der Waals surface area contributed by atoms with Gasteiger partial charge in [-0.05, 0) is 30.9 Å². The summed E-state index contributed by atoms with van der Waals surface area (Å²) in [7, 11) is 0. The first-order valence-electron chi connectivity index (χ1n) is 6.17. The first-order valence-corrected chi connectivity index (χ1v) is 6.58. The minimum Gasteiger partial charge on any atom is -0.324 e. The van der Waals surface area contributed by atoms with Gasteiger partial charge in [-0.1, -0.05) is 19.1 Å². The maximum Gasteiger partial charge on any atom is 0.322 e. The summed E-state index contributed by atoms with van der Waals surface area (Å²) in [6.45, 7) is 3.83. The smallest absolute Gasteiger partial charge is 0.322 e. The molecule has 2 heterocycles. The number of aromatic nitrogens is 1. The number of likely N-dealkylation sites (tertiary alicyclic amines) is 1. The number of carbonyl (C=O) groups excluding carboxylic acids is 1. The molecule has 0 aliphatic carbocycles. The number of nitrogens with one attached hydrogen (secondary N) is 1. The largest absolute Gasteiger partial charge is 0.324 e. The number of hydrogen-bond acceptors (Lipinski definition) is 3.